The lowest BCUT2D eigenvalue weighted by Gasteiger charge is -2.61. The average Bonchev–Trinajstić information content (AvgIpc) is 3.26. The fourth-order valence-corrected chi connectivity index (χ4v) is 8.67. The molecule has 39 heavy (non-hydrogen) atoms. The Labute approximate surface area is 235 Å². The van der Waals surface area contributed by atoms with Crippen LogP contribution in [-0.4, -0.2) is 47.8 Å². The van der Waals surface area contributed by atoms with Gasteiger partial charge in [0.05, 0.1) is 18.4 Å². The minimum absolute atomic E-state index is 0.0709. The van der Waals surface area contributed by atoms with Gasteiger partial charge in [-0.05, 0) is 60.6 Å². The number of ether oxygens (including phenoxy) is 1. The van der Waals surface area contributed by atoms with Crippen molar-refractivity contribution in [2.75, 3.05) is 12.3 Å². The number of aliphatic hydroxyl groups excluding tert-OH is 1. The number of hydrogen-bond acceptors (Lipinski definition) is 6. The van der Waals surface area contributed by atoms with E-state index in [0.717, 1.165) is 29.7 Å². The van der Waals surface area contributed by atoms with Crippen molar-refractivity contribution in [1.29, 1.82) is 0 Å². The van der Waals surface area contributed by atoms with Crippen LogP contribution in [0.5, 0.6) is 0 Å². The van der Waals surface area contributed by atoms with E-state index in [1.165, 1.54) is 11.8 Å². The van der Waals surface area contributed by atoms with E-state index in [9.17, 15) is 23.5 Å². The van der Waals surface area contributed by atoms with Crippen LogP contribution in [-0.2, 0) is 20.9 Å². The van der Waals surface area contributed by atoms with Crippen LogP contribution in [0.15, 0.2) is 41.8 Å². The average molecular weight is 564 g/mol. The fourth-order valence-electron chi connectivity index (χ4n) is 7.91. The monoisotopic (exact) mass is 563 g/mol. The van der Waals surface area contributed by atoms with Crippen LogP contribution in [0.3, 0.4) is 0 Å². The van der Waals surface area contributed by atoms with E-state index in [1.54, 1.807) is 6.08 Å². The van der Waals surface area contributed by atoms with Crippen LogP contribution in [0, 0.1) is 34.0 Å². The second-order valence-electron chi connectivity index (χ2n) is 12.5. The Morgan fingerprint density at radius 3 is 2.74 bits per heavy atom. The fraction of sp³-hybridized carbons (Fsp3) is 0.677. The van der Waals surface area contributed by atoms with Gasteiger partial charge in [-0.1, -0.05) is 45.9 Å². The van der Waals surface area contributed by atoms with Crippen LogP contribution >= 0.6 is 11.8 Å². The molecule has 5 nitrogen and oxygen atoms in total. The lowest BCUT2D eigenvalue weighted by Crippen LogP contribution is -2.63. The predicted octanol–water partition coefficient (Wildman–Crippen LogP) is 6.04. The molecule has 3 aliphatic rings. The molecular formula is C31H43F2NO4S. The maximum absolute atomic E-state index is 13.5. The number of halogens is 2. The standard InChI is InChI=1S/C31H43F2NO4S/c1-6-29(4)15-24(38-26(36)18-39-22-9-7-8-21(14-22)16-34-17-25(32)33)30(5)19(2)10-12-31(20(3)28(29)37)13-11-23(35)27(30)31/h6-9,14,19-20,24-25,27-28,34,37H,1,10-13,15-18H2,2-5H3/t19?,20-,24+,27?,28-,29+,30-,31?/m0/s1. The molecule has 3 unspecified atom stereocenters. The molecule has 0 amide bonds. The van der Waals surface area contributed by atoms with Crippen molar-refractivity contribution >= 4 is 23.5 Å². The topological polar surface area (TPSA) is 75.6 Å². The highest BCUT2D eigenvalue weighted by atomic mass is 32.2. The molecule has 1 aromatic rings. The summed E-state index contributed by atoms with van der Waals surface area (Å²) in [5.74, 6) is -0.192. The molecule has 3 fully saturated rings. The first kappa shape index (κ1) is 30.2. The lowest BCUT2D eigenvalue weighted by molar-refractivity contribution is -0.205. The Morgan fingerprint density at radius 2 is 2.05 bits per heavy atom. The number of thioether (sulfide) groups is 1. The summed E-state index contributed by atoms with van der Waals surface area (Å²) < 4.78 is 31.2. The summed E-state index contributed by atoms with van der Waals surface area (Å²) >= 11 is 1.34. The number of aliphatic hydroxyl groups is 1. The minimum atomic E-state index is -2.41. The highest BCUT2D eigenvalue weighted by Crippen LogP contribution is 2.68. The van der Waals surface area contributed by atoms with Crippen molar-refractivity contribution in [2.24, 2.45) is 34.0 Å². The summed E-state index contributed by atoms with van der Waals surface area (Å²) in [4.78, 5) is 27.7. The van der Waals surface area contributed by atoms with Crippen molar-refractivity contribution in [3.05, 3.63) is 42.5 Å². The molecule has 0 aliphatic heterocycles. The van der Waals surface area contributed by atoms with E-state index < -0.39 is 29.5 Å². The summed E-state index contributed by atoms with van der Waals surface area (Å²) in [6, 6.07) is 7.46. The van der Waals surface area contributed by atoms with Crippen LogP contribution in [0.2, 0.25) is 0 Å². The van der Waals surface area contributed by atoms with Crippen LogP contribution in [0.1, 0.15) is 65.4 Å². The summed E-state index contributed by atoms with van der Waals surface area (Å²) in [6.45, 7) is 12.4. The molecule has 216 valence electrons. The quantitative estimate of drug-likeness (QED) is 0.217. The third-order valence-electron chi connectivity index (χ3n) is 10.5. The molecule has 2 N–H and O–H groups in total. The van der Waals surface area contributed by atoms with Crippen molar-refractivity contribution < 1.29 is 28.2 Å². The summed E-state index contributed by atoms with van der Waals surface area (Å²) in [5.41, 5.74) is -0.653. The van der Waals surface area contributed by atoms with E-state index in [1.807, 2.05) is 31.2 Å². The number of benzene rings is 1. The zero-order valence-corrected chi connectivity index (χ0v) is 24.4. The van der Waals surface area contributed by atoms with Gasteiger partial charge in [-0.15, -0.1) is 18.3 Å². The Morgan fingerprint density at radius 1 is 1.31 bits per heavy atom. The second-order valence-corrected chi connectivity index (χ2v) is 13.6. The summed E-state index contributed by atoms with van der Waals surface area (Å²) in [5, 5.41) is 14.4. The van der Waals surface area contributed by atoms with Gasteiger partial charge in [0.1, 0.15) is 11.9 Å². The van der Waals surface area contributed by atoms with Gasteiger partial charge in [0, 0.05) is 34.6 Å². The van der Waals surface area contributed by atoms with Gasteiger partial charge >= 0.3 is 5.97 Å². The third kappa shape index (κ3) is 5.58. The molecule has 1 aromatic carbocycles. The first-order chi connectivity index (χ1) is 18.4. The number of carbonyl (C=O) groups excluding carboxylic acids is 2. The molecule has 3 aliphatic carbocycles. The highest BCUT2D eigenvalue weighted by Gasteiger charge is 2.68. The number of esters is 1. The Hall–Kier alpha value is -1.77. The molecular weight excluding hydrogens is 520 g/mol. The highest BCUT2D eigenvalue weighted by molar-refractivity contribution is 8.00. The maximum atomic E-state index is 13.5. The van der Waals surface area contributed by atoms with Gasteiger partial charge in [0.2, 0.25) is 0 Å². The largest absolute Gasteiger partial charge is 0.461 e. The smallest absolute Gasteiger partial charge is 0.316 e. The van der Waals surface area contributed by atoms with Crippen molar-refractivity contribution in [2.45, 2.75) is 89.9 Å². The lowest BCUT2D eigenvalue weighted by atomic mass is 9.44. The molecule has 0 aromatic heterocycles. The zero-order valence-electron chi connectivity index (χ0n) is 23.6. The van der Waals surface area contributed by atoms with Gasteiger partial charge < -0.3 is 15.2 Å². The van der Waals surface area contributed by atoms with Crippen molar-refractivity contribution in [1.82, 2.24) is 5.32 Å². The van der Waals surface area contributed by atoms with Gasteiger partial charge in [0.15, 0.2) is 0 Å². The number of nitrogens with one attached hydrogen (secondary N) is 1. The van der Waals surface area contributed by atoms with Crippen LogP contribution in [0.25, 0.3) is 0 Å². The number of hydrogen-bond donors (Lipinski definition) is 2. The first-order valence-electron chi connectivity index (χ1n) is 14.1. The molecule has 8 heteroatoms. The number of Topliss-reactive ketones (excluding diaryl/α,β-unsaturated/α-hetero) is 1. The molecule has 8 atom stereocenters. The maximum Gasteiger partial charge on any atom is 0.316 e. The molecule has 4 rings (SSSR count). The van der Waals surface area contributed by atoms with Crippen LogP contribution in [0.4, 0.5) is 8.78 Å². The normalized spacial score (nSPS) is 38.2. The van der Waals surface area contributed by atoms with E-state index in [0.29, 0.717) is 19.4 Å². The number of rotatable bonds is 9. The second kappa shape index (κ2) is 11.6. The minimum Gasteiger partial charge on any atom is -0.461 e. The van der Waals surface area contributed by atoms with Crippen molar-refractivity contribution in [3.63, 3.8) is 0 Å². The summed E-state index contributed by atoms with van der Waals surface area (Å²) in [6.07, 6.45) is 1.66. The van der Waals surface area contributed by atoms with Crippen molar-refractivity contribution in [3.8, 4) is 0 Å². The molecule has 2 bridgehead atoms. The van der Waals surface area contributed by atoms with Gasteiger partial charge in [0.25, 0.3) is 6.43 Å². The van der Waals surface area contributed by atoms with Crippen LogP contribution < -0.4 is 5.32 Å². The van der Waals surface area contributed by atoms with Gasteiger partial charge in [-0.25, -0.2) is 8.78 Å². The Balaban J connectivity index is 1.55. The third-order valence-corrected chi connectivity index (χ3v) is 11.4. The molecule has 0 saturated heterocycles. The summed E-state index contributed by atoms with van der Waals surface area (Å²) in [7, 11) is 0. The zero-order chi connectivity index (χ0) is 28.6. The molecule has 0 radical (unpaired) electrons. The molecule has 0 heterocycles. The predicted molar refractivity (Wildman–Crippen MR) is 150 cm³/mol. The van der Waals surface area contributed by atoms with E-state index in [4.69, 9.17) is 4.74 Å². The Kier molecular flexibility index (Phi) is 8.99. The SMILES string of the molecule is C=C[C@]1(C)C[C@@H](OC(=O)CSc2cccc(CNCC(F)F)c2)[C@]2(C)C(C)CCC3(CCC(=O)C32)[C@@H](C)[C@@H]1O. The first-order valence-corrected chi connectivity index (χ1v) is 15.1. The molecule has 0 spiro atoms. The van der Waals surface area contributed by atoms with Gasteiger partial charge in [-0.3, -0.25) is 9.59 Å². The number of alkyl halides is 2. The molecule has 3 saturated carbocycles. The Bertz CT molecular complexity index is 1080. The van der Waals surface area contributed by atoms with Gasteiger partial charge in [-0.2, -0.15) is 0 Å². The number of ketones is 1. The van der Waals surface area contributed by atoms with E-state index in [2.05, 4.69) is 32.7 Å². The number of carbonyl (C=O) groups is 2. The van der Waals surface area contributed by atoms with E-state index in [-0.39, 0.29) is 47.2 Å². The van der Waals surface area contributed by atoms with E-state index >= 15 is 0 Å².